The van der Waals surface area contributed by atoms with Gasteiger partial charge in [0.15, 0.2) is 0 Å². The number of pyridine rings is 1. The van der Waals surface area contributed by atoms with Gasteiger partial charge in [0.1, 0.15) is 0 Å². The summed E-state index contributed by atoms with van der Waals surface area (Å²) in [4.78, 5) is 4.27. The number of hydrogen-bond donors (Lipinski definition) is 1. The highest BCUT2D eigenvalue weighted by Gasteiger charge is 2.25. The average molecular weight is 282 g/mol. The normalized spacial score (nSPS) is 11.9. The van der Waals surface area contributed by atoms with Gasteiger partial charge in [0.25, 0.3) is 0 Å². The lowest BCUT2D eigenvalue weighted by atomic mass is 10.1. The van der Waals surface area contributed by atoms with Gasteiger partial charge in [-0.2, -0.15) is 13.2 Å². The SMILES string of the molecule is FC(F)(F)CCCCNCc1ccnc2ccccc12. The fourth-order valence-corrected chi connectivity index (χ4v) is 2.11. The van der Waals surface area contributed by atoms with E-state index in [0.29, 0.717) is 19.5 Å². The average Bonchev–Trinajstić information content (AvgIpc) is 2.41. The summed E-state index contributed by atoms with van der Waals surface area (Å²) in [6.45, 7) is 1.24. The number of unbranched alkanes of at least 4 members (excludes halogenated alkanes) is 1. The number of hydrogen-bond acceptors (Lipinski definition) is 2. The predicted molar refractivity (Wildman–Crippen MR) is 73.4 cm³/mol. The molecule has 20 heavy (non-hydrogen) atoms. The Morgan fingerprint density at radius 1 is 1.05 bits per heavy atom. The maximum absolute atomic E-state index is 12.0. The Morgan fingerprint density at radius 2 is 1.85 bits per heavy atom. The predicted octanol–water partition coefficient (Wildman–Crippen LogP) is 4.06. The van der Waals surface area contributed by atoms with Gasteiger partial charge in [0.2, 0.25) is 0 Å². The van der Waals surface area contributed by atoms with Crippen LogP contribution in [0, 0.1) is 0 Å². The molecule has 0 unspecified atom stereocenters. The van der Waals surface area contributed by atoms with Crippen molar-refractivity contribution in [2.24, 2.45) is 0 Å². The minimum atomic E-state index is -4.04. The van der Waals surface area contributed by atoms with E-state index in [2.05, 4.69) is 10.3 Å². The molecule has 0 fully saturated rings. The van der Waals surface area contributed by atoms with Gasteiger partial charge in [0.05, 0.1) is 5.52 Å². The number of benzene rings is 1. The number of nitrogens with zero attached hydrogens (tertiary/aromatic N) is 1. The van der Waals surface area contributed by atoms with Crippen molar-refractivity contribution in [2.75, 3.05) is 6.54 Å². The van der Waals surface area contributed by atoms with Crippen LogP contribution in [-0.2, 0) is 6.54 Å². The zero-order chi connectivity index (χ0) is 14.4. The van der Waals surface area contributed by atoms with Crippen molar-refractivity contribution in [3.63, 3.8) is 0 Å². The summed E-state index contributed by atoms with van der Waals surface area (Å²) in [6.07, 6.45) is -2.28. The van der Waals surface area contributed by atoms with E-state index in [4.69, 9.17) is 0 Å². The first-order valence-electron chi connectivity index (χ1n) is 6.66. The van der Waals surface area contributed by atoms with E-state index in [9.17, 15) is 13.2 Å². The monoisotopic (exact) mass is 282 g/mol. The van der Waals surface area contributed by atoms with E-state index < -0.39 is 12.6 Å². The van der Waals surface area contributed by atoms with E-state index in [1.165, 1.54) is 0 Å². The second kappa shape index (κ2) is 6.70. The fourth-order valence-electron chi connectivity index (χ4n) is 2.11. The molecule has 0 amide bonds. The summed E-state index contributed by atoms with van der Waals surface area (Å²) in [5.74, 6) is 0. The Labute approximate surface area is 116 Å². The van der Waals surface area contributed by atoms with E-state index in [1.54, 1.807) is 6.20 Å². The molecule has 2 nitrogen and oxygen atoms in total. The minimum absolute atomic E-state index is 0.174. The van der Waals surface area contributed by atoms with E-state index >= 15 is 0 Å². The molecule has 0 aliphatic carbocycles. The van der Waals surface area contributed by atoms with Gasteiger partial charge in [-0.25, -0.2) is 0 Å². The highest BCUT2D eigenvalue weighted by Crippen LogP contribution is 2.22. The van der Waals surface area contributed by atoms with Crippen LogP contribution in [0.1, 0.15) is 24.8 Å². The molecule has 0 saturated carbocycles. The van der Waals surface area contributed by atoms with Crippen molar-refractivity contribution in [1.82, 2.24) is 10.3 Å². The third kappa shape index (κ3) is 4.49. The Balaban J connectivity index is 1.79. The highest BCUT2D eigenvalue weighted by molar-refractivity contribution is 5.81. The highest BCUT2D eigenvalue weighted by atomic mass is 19.4. The van der Waals surface area contributed by atoms with Crippen molar-refractivity contribution >= 4 is 10.9 Å². The van der Waals surface area contributed by atoms with Crippen molar-refractivity contribution in [2.45, 2.75) is 32.0 Å². The third-order valence-electron chi connectivity index (χ3n) is 3.12. The van der Waals surface area contributed by atoms with Gasteiger partial charge >= 0.3 is 6.18 Å². The molecule has 1 aromatic carbocycles. The molecule has 0 atom stereocenters. The molecule has 0 aliphatic heterocycles. The number of fused-ring (bicyclic) bond motifs is 1. The summed E-state index contributed by atoms with van der Waals surface area (Å²) in [5, 5.41) is 4.27. The van der Waals surface area contributed by atoms with Gasteiger partial charge in [-0.1, -0.05) is 18.2 Å². The van der Waals surface area contributed by atoms with Gasteiger partial charge in [0, 0.05) is 24.5 Å². The van der Waals surface area contributed by atoms with Crippen LogP contribution in [0.25, 0.3) is 10.9 Å². The molecule has 1 heterocycles. The molecule has 0 bridgehead atoms. The van der Waals surface area contributed by atoms with Gasteiger partial charge in [-0.15, -0.1) is 0 Å². The van der Waals surface area contributed by atoms with Crippen LogP contribution in [0.5, 0.6) is 0 Å². The van der Waals surface area contributed by atoms with Gasteiger partial charge in [-0.05, 0) is 37.1 Å². The second-order valence-electron chi connectivity index (χ2n) is 4.74. The maximum Gasteiger partial charge on any atom is 0.389 e. The zero-order valence-corrected chi connectivity index (χ0v) is 11.1. The number of halogens is 3. The minimum Gasteiger partial charge on any atom is -0.313 e. The Morgan fingerprint density at radius 3 is 2.65 bits per heavy atom. The smallest absolute Gasteiger partial charge is 0.313 e. The van der Waals surface area contributed by atoms with Crippen LogP contribution in [-0.4, -0.2) is 17.7 Å². The lowest BCUT2D eigenvalue weighted by molar-refractivity contribution is -0.135. The quantitative estimate of drug-likeness (QED) is 0.808. The van der Waals surface area contributed by atoms with Crippen LogP contribution in [0.15, 0.2) is 36.5 Å². The summed E-state index contributed by atoms with van der Waals surface area (Å²) in [5.41, 5.74) is 2.05. The van der Waals surface area contributed by atoms with Gasteiger partial charge < -0.3 is 5.32 Å². The zero-order valence-electron chi connectivity index (χ0n) is 11.1. The number of nitrogens with one attached hydrogen (secondary N) is 1. The lowest BCUT2D eigenvalue weighted by Gasteiger charge is -2.08. The van der Waals surface area contributed by atoms with Crippen LogP contribution >= 0.6 is 0 Å². The van der Waals surface area contributed by atoms with Gasteiger partial charge in [-0.3, -0.25) is 4.98 Å². The Kier molecular flexibility index (Phi) is 4.95. The molecule has 5 heteroatoms. The molecular weight excluding hydrogens is 265 g/mol. The van der Waals surface area contributed by atoms with Crippen molar-refractivity contribution in [1.29, 1.82) is 0 Å². The standard InChI is InChI=1S/C15H17F3N2/c16-15(17,18)8-3-4-9-19-11-12-7-10-20-14-6-2-1-5-13(12)14/h1-2,5-7,10,19H,3-4,8-9,11H2. The first-order valence-corrected chi connectivity index (χ1v) is 6.66. The van der Waals surface area contributed by atoms with Crippen LogP contribution in [0.4, 0.5) is 13.2 Å². The Bertz CT molecular complexity index is 547. The number of para-hydroxylation sites is 1. The molecule has 1 N–H and O–H groups in total. The molecule has 1 aromatic heterocycles. The molecule has 0 saturated heterocycles. The van der Waals surface area contributed by atoms with E-state index in [-0.39, 0.29) is 6.42 Å². The van der Waals surface area contributed by atoms with E-state index in [1.807, 2.05) is 30.3 Å². The van der Waals surface area contributed by atoms with Crippen LogP contribution in [0.3, 0.4) is 0 Å². The summed E-state index contributed by atoms with van der Waals surface area (Å²) in [7, 11) is 0. The molecule has 0 aliphatic rings. The van der Waals surface area contributed by atoms with Crippen molar-refractivity contribution in [3.8, 4) is 0 Å². The van der Waals surface area contributed by atoms with Crippen molar-refractivity contribution < 1.29 is 13.2 Å². The van der Waals surface area contributed by atoms with Crippen LogP contribution in [0.2, 0.25) is 0 Å². The number of rotatable bonds is 6. The largest absolute Gasteiger partial charge is 0.389 e. The fraction of sp³-hybridized carbons (Fsp3) is 0.400. The second-order valence-corrected chi connectivity index (χ2v) is 4.74. The maximum atomic E-state index is 12.0. The number of aromatic nitrogens is 1. The third-order valence-corrected chi connectivity index (χ3v) is 3.12. The Hall–Kier alpha value is -1.62. The lowest BCUT2D eigenvalue weighted by Crippen LogP contribution is -2.16. The topological polar surface area (TPSA) is 24.9 Å². The first kappa shape index (κ1) is 14.8. The van der Waals surface area contributed by atoms with E-state index in [0.717, 1.165) is 16.5 Å². The first-order chi connectivity index (χ1) is 9.56. The molecule has 108 valence electrons. The number of alkyl halides is 3. The molecule has 2 rings (SSSR count). The van der Waals surface area contributed by atoms with Crippen LogP contribution < -0.4 is 5.32 Å². The molecule has 2 aromatic rings. The summed E-state index contributed by atoms with van der Waals surface area (Å²) >= 11 is 0. The summed E-state index contributed by atoms with van der Waals surface area (Å²) in [6, 6.07) is 9.77. The molecule has 0 radical (unpaired) electrons. The molecular formula is C15H17F3N2. The molecule has 0 spiro atoms. The van der Waals surface area contributed by atoms with Crippen molar-refractivity contribution in [3.05, 3.63) is 42.1 Å². The summed E-state index contributed by atoms with van der Waals surface area (Å²) < 4.78 is 35.9.